The first-order chi connectivity index (χ1) is 6.66. The van der Waals surface area contributed by atoms with Gasteiger partial charge in [0.25, 0.3) is 0 Å². The van der Waals surface area contributed by atoms with Crippen molar-refractivity contribution in [2.75, 3.05) is 0 Å². The molecule has 0 fully saturated rings. The highest BCUT2D eigenvalue weighted by molar-refractivity contribution is 9.10. The molecule has 1 aromatic rings. The van der Waals surface area contributed by atoms with Crippen molar-refractivity contribution in [3.63, 3.8) is 0 Å². The first-order valence-electron chi connectivity index (χ1n) is 4.58. The minimum atomic E-state index is -0.713. The molecule has 4 nitrogen and oxygen atoms in total. The highest BCUT2D eigenvalue weighted by atomic mass is 79.9. The van der Waals surface area contributed by atoms with Gasteiger partial charge in [-0.05, 0) is 34.7 Å². The van der Waals surface area contributed by atoms with E-state index in [1.165, 1.54) is 5.69 Å². The SMILES string of the molecule is O=C(O)CC1CCc2cnc(Br)n2C1. The molecule has 0 amide bonds. The third-order valence-electron chi connectivity index (χ3n) is 2.60. The Labute approximate surface area is 90.1 Å². The van der Waals surface area contributed by atoms with Gasteiger partial charge in [0.2, 0.25) is 0 Å². The number of carboxylic acids is 1. The Bertz CT molecular complexity index is 362. The fraction of sp³-hybridized carbons (Fsp3) is 0.556. The lowest BCUT2D eigenvalue weighted by Gasteiger charge is -2.23. The second-order valence-electron chi connectivity index (χ2n) is 3.63. The second kappa shape index (κ2) is 3.73. The van der Waals surface area contributed by atoms with Crippen molar-refractivity contribution in [1.29, 1.82) is 0 Å². The van der Waals surface area contributed by atoms with Crippen LogP contribution in [0.15, 0.2) is 10.9 Å². The molecule has 1 N–H and O–H groups in total. The smallest absolute Gasteiger partial charge is 0.303 e. The van der Waals surface area contributed by atoms with Crippen molar-refractivity contribution in [3.8, 4) is 0 Å². The summed E-state index contributed by atoms with van der Waals surface area (Å²) in [5.74, 6) is -0.472. The number of carbonyl (C=O) groups is 1. The maximum Gasteiger partial charge on any atom is 0.303 e. The lowest BCUT2D eigenvalue weighted by molar-refractivity contribution is -0.138. The second-order valence-corrected chi connectivity index (χ2v) is 4.34. The topological polar surface area (TPSA) is 55.1 Å². The van der Waals surface area contributed by atoms with E-state index < -0.39 is 5.97 Å². The first-order valence-corrected chi connectivity index (χ1v) is 5.38. The Morgan fingerprint density at radius 3 is 3.29 bits per heavy atom. The van der Waals surface area contributed by atoms with Gasteiger partial charge >= 0.3 is 5.97 Å². The average Bonchev–Trinajstić information content (AvgIpc) is 2.47. The van der Waals surface area contributed by atoms with Gasteiger partial charge in [-0.15, -0.1) is 0 Å². The molecular formula is C9H11BrN2O2. The van der Waals surface area contributed by atoms with Gasteiger partial charge < -0.3 is 9.67 Å². The number of hydrogen-bond acceptors (Lipinski definition) is 2. The summed E-state index contributed by atoms with van der Waals surface area (Å²) in [4.78, 5) is 14.7. The third kappa shape index (κ3) is 1.82. The van der Waals surface area contributed by atoms with Gasteiger partial charge in [-0.2, -0.15) is 0 Å². The maximum atomic E-state index is 10.6. The number of hydrogen-bond donors (Lipinski definition) is 1. The van der Waals surface area contributed by atoms with Gasteiger partial charge in [0.05, 0.1) is 0 Å². The maximum absolute atomic E-state index is 10.6. The lowest BCUT2D eigenvalue weighted by atomic mass is 9.95. The number of aryl methyl sites for hydroxylation is 1. The summed E-state index contributed by atoms with van der Waals surface area (Å²) in [5.41, 5.74) is 1.19. The fourth-order valence-electron chi connectivity index (χ4n) is 1.89. The predicted molar refractivity (Wildman–Crippen MR) is 54.0 cm³/mol. The van der Waals surface area contributed by atoms with Crippen LogP contribution in [0.3, 0.4) is 0 Å². The standard InChI is InChI=1S/C9H11BrN2O2/c10-9-11-4-7-2-1-6(3-8(13)14)5-12(7)9/h4,6H,1-3,5H2,(H,13,14). The molecule has 1 unspecified atom stereocenters. The van der Waals surface area contributed by atoms with E-state index in [1.54, 1.807) is 0 Å². The van der Waals surface area contributed by atoms with E-state index >= 15 is 0 Å². The van der Waals surface area contributed by atoms with Crippen molar-refractivity contribution in [3.05, 3.63) is 16.6 Å². The zero-order valence-corrected chi connectivity index (χ0v) is 9.20. The number of rotatable bonds is 2. The molecule has 0 saturated carbocycles. The highest BCUT2D eigenvalue weighted by Crippen LogP contribution is 2.25. The largest absolute Gasteiger partial charge is 0.481 e. The van der Waals surface area contributed by atoms with E-state index in [2.05, 4.69) is 25.5 Å². The van der Waals surface area contributed by atoms with Crippen LogP contribution in [0.1, 0.15) is 18.5 Å². The zero-order chi connectivity index (χ0) is 10.1. The number of fused-ring (bicyclic) bond motifs is 1. The molecule has 0 spiro atoms. The molecule has 0 aromatic carbocycles. The number of aromatic nitrogens is 2. The van der Waals surface area contributed by atoms with Crippen molar-refractivity contribution < 1.29 is 9.90 Å². The van der Waals surface area contributed by atoms with Crippen LogP contribution >= 0.6 is 15.9 Å². The average molecular weight is 259 g/mol. The summed E-state index contributed by atoms with van der Waals surface area (Å²) in [6.07, 6.45) is 3.98. The van der Waals surface area contributed by atoms with Crippen LogP contribution in [-0.4, -0.2) is 20.6 Å². The lowest BCUT2D eigenvalue weighted by Crippen LogP contribution is -2.22. The summed E-state index contributed by atoms with van der Waals surface area (Å²) >= 11 is 3.35. The van der Waals surface area contributed by atoms with Crippen LogP contribution in [0.2, 0.25) is 0 Å². The predicted octanol–water partition coefficient (Wildman–Crippen LogP) is 1.68. The monoisotopic (exact) mass is 258 g/mol. The number of carboxylic acid groups (broad SMARTS) is 1. The molecule has 2 heterocycles. The summed E-state index contributed by atoms with van der Waals surface area (Å²) in [7, 11) is 0. The molecule has 1 aromatic heterocycles. The quantitative estimate of drug-likeness (QED) is 0.879. The van der Waals surface area contributed by atoms with Crippen molar-refractivity contribution in [2.45, 2.75) is 25.8 Å². The van der Waals surface area contributed by atoms with Crippen LogP contribution in [-0.2, 0) is 17.8 Å². The molecule has 0 aliphatic carbocycles. The first kappa shape index (κ1) is 9.71. The van der Waals surface area contributed by atoms with Gasteiger partial charge in [-0.3, -0.25) is 4.79 Å². The van der Waals surface area contributed by atoms with E-state index in [-0.39, 0.29) is 12.3 Å². The number of halogens is 1. The van der Waals surface area contributed by atoms with Crippen molar-refractivity contribution >= 4 is 21.9 Å². The van der Waals surface area contributed by atoms with Crippen molar-refractivity contribution in [1.82, 2.24) is 9.55 Å². The van der Waals surface area contributed by atoms with E-state index in [0.29, 0.717) is 0 Å². The molecule has 1 aliphatic heterocycles. The van der Waals surface area contributed by atoms with E-state index in [1.807, 2.05) is 6.20 Å². The van der Waals surface area contributed by atoms with Gasteiger partial charge in [0, 0.05) is 24.9 Å². The molecule has 0 radical (unpaired) electrons. The number of aliphatic carboxylic acids is 1. The van der Waals surface area contributed by atoms with Crippen LogP contribution in [0.4, 0.5) is 0 Å². The van der Waals surface area contributed by atoms with E-state index in [9.17, 15) is 4.79 Å². The summed E-state index contributed by atoms with van der Waals surface area (Å²) in [6, 6.07) is 0. The molecule has 0 saturated heterocycles. The molecule has 5 heteroatoms. The normalized spacial score (nSPS) is 20.5. The van der Waals surface area contributed by atoms with Crippen molar-refractivity contribution in [2.24, 2.45) is 5.92 Å². The van der Waals surface area contributed by atoms with Crippen LogP contribution in [0.5, 0.6) is 0 Å². The molecule has 14 heavy (non-hydrogen) atoms. The molecule has 1 aliphatic rings. The Morgan fingerprint density at radius 1 is 1.79 bits per heavy atom. The number of nitrogens with zero attached hydrogens (tertiary/aromatic N) is 2. The van der Waals surface area contributed by atoms with Gasteiger partial charge in [-0.25, -0.2) is 4.98 Å². The number of imidazole rings is 1. The summed E-state index contributed by atoms with van der Waals surface area (Å²) in [6.45, 7) is 0.766. The van der Waals surface area contributed by atoms with Gasteiger partial charge in [0.1, 0.15) is 0 Å². The Hall–Kier alpha value is -0.840. The van der Waals surface area contributed by atoms with Crippen LogP contribution < -0.4 is 0 Å². The fourth-order valence-corrected chi connectivity index (χ4v) is 2.37. The van der Waals surface area contributed by atoms with Crippen LogP contribution in [0, 0.1) is 5.92 Å². The van der Waals surface area contributed by atoms with Crippen LogP contribution in [0.25, 0.3) is 0 Å². The summed E-state index contributed by atoms with van der Waals surface area (Å²) in [5, 5.41) is 8.70. The Balaban J connectivity index is 2.12. The molecule has 2 rings (SSSR count). The summed E-state index contributed by atoms with van der Waals surface area (Å²) < 4.78 is 2.86. The zero-order valence-electron chi connectivity index (χ0n) is 7.61. The minimum Gasteiger partial charge on any atom is -0.481 e. The minimum absolute atomic E-state index is 0.241. The van der Waals surface area contributed by atoms with E-state index in [4.69, 9.17) is 5.11 Å². The third-order valence-corrected chi connectivity index (χ3v) is 3.24. The molecular weight excluding hydrogens is 248 g/mol. The molecule has 0 bridgehead atoms. The highest BCUT2D eigenvalue weighted by Gasteiger charge is 2.22. The molecule has 76 valence electrons. The Morgan fingerprint density at radius 2 is 2.57 bits per heavy atom. The van der Waals surface area contributed by atoms with E-state index in [0.717, 1.165) is 24.1 Å². The molecule has 1 atom stereocenters. The van der Waals surface area contributed by atoms with Gasteiger partial charge in [0.15, 0.2) is 4.73 Å². The van der Waals surface area contributed by atoms with Gasteiger partial charge in [-0.1, -0.05) is 0 Å². The Kier molecular flexibility index (Phi) is 2.58.